The largest absolute Gasteiger partial charge is 0.508 e. The first-order valence-corrected chi connectivity index (χ1v) is 25.2. The summed E-state index contributed by atoms with van der Waals surface area (Å²) in [6, 6.07) is 32.8. The fraction of sp³-hybridized carbons (Fsp3) is 0.123. The molecule has 440 valence electrons. The van der Waals surface area contributed by atoms with Crippen LogP contribution in [0.5, 0.6) is 23.0 Å². The summed E-state index contributed by atoms with van der Waals surface area (Å²) in [6.07, 6.45) is -9.17. The standard InChI is InChI=1S/C22H16ClF3N4O2.C21H14ClF3N4O2.C7H8N2O3.C7H10N2O/c1-11-14(5-8-19(27-11)22(24,25)26)21(31)28-12-3-6-16(23)15(9-12)20-29-17-7-4-13(32-2)10-18(17)30-20;1-10-13(4-7-18(26-10)21(23,24)25)20(31)27-11-2-5-15(22)14(8-11)19-28-16-6-3-12(30)9-17(16)29-19;1-12-5-2-3-6(8)7(4-5)9(10)11;1-10-5-2-3-6(8)7(9)4-5/h3-10H,1-2H3,(H,28,31)(H,29,30);2-9,30H,1H3,(H,27,31)(H,28,29);2-4H,8H2,1H3;2-4H,8-9H2,1H3. The molecular weight excluding hydrogens is 1170 g/mol. The van der Waals surface area contributed by atoms with Crippen LogP contribution in [-0.2, 0) is 12.4 Å². The van der Waals surface area contributed by atoms with Gasteiger partial charge in [0, 0.05) is 40.7 Å². The van der Waals surface area contributed by atoms with Crippen molar-refractivity contribution >= 4 is 91.2 Å². The molecule has 2 amide bonds. The van der Waals surface area contributed by atoms with E-state index >= 15 is 0 Å². The number of nitro benzene ring substituents is 1. The van der Waals surface area contributed by atoms with Crippen LogP contribution < -0.4 is 42.0 Å². The zero-order valence-corrected chi connectivity index (χ0v) is 46.5. The van der Waals surface area contributed by atoms with Crippen molar-refractivity contribution in [2.45, 2.75) is 26.2 Å². The van der Waals surface area contributed by atoms with Crippen molar-refractivity contribution in [1.82, 2.24) is 29.9 Å². The molecule has 0 atom stereocenters. The average Bonchev–Trinajstić information content (AvgIpc) is 3.16. The number of anilines is 5. The molecule has 28 heteroatoms. The molecule has 11 N–H and O–H groups in total. The zero-order valence-electron chi connectivity index (χ0n) is 45.0. The molecule has 85 heavy (non-hydrogen) atoms. The molecule has 6 aromatic carbocycles. The highest BCUT2D eigenvalue weighted by atomic mass is 35.5. The summed E-state index contributed by atoms with van der Waals surface area (Å²) in [5, 5.41) is 26.0. The number of nitro groups is 1. The van der Waals surface area contributed by atoms with Crippen molar-refractivity contribution < 1.29 is 60.2 Å². The van der Waals surface area contributed by atoms with Crippen LogP contribution >= 0.6 is 23.2 Å². The fourth-order valence-electron chi connectivity index (χ4n) is 7.74. The lowest BCUT2D eigenvalue weighted by molar-refractivity contribution is -0.384. The number of ether oxygens (including phenoxy) is 3. The van der Waals surface area contributed by atoms with Crippen molar-refractivity contribution in [2.75, 3.05) is 49.2 Å². The Hall–Kier alpha value is -10.3. The number of pyridine rings is 2. The second-order valence-corrected chi connectivity index (χ2v) is 18.7. The Balaban J connectivity index is 0.000000181. The number of halogens is 8. The number of carbonyl (C=O) groups excluding carboxylic acids is 2. The van der Waals surface area contributed by atoms with Crippen LogP contribution in [0.2, 0.25) is 10.0 Å². The van der Waals surface area contributed by atoms with Gasteiger partial charge in [-0.15, -0.1) is 0 Å². The summed E-state index contributed by atoms with van der Waals surface area (Å²) in [5.74, 6) is 1.61. The van der Waals surface area contributed by atoms with Crippen LogP contribution in [0, 0.1) is 24.0 Å². The number of fused-ring (bicyclic) bond motifs is 2. The number of rotatable bonds is 10. The molecule has 0 saturated carbocycles. The quantitative estimate of drug-likeness (QED) is 0.0273. The van der Waals surface area contributed by atoms with E-state index in [1.807, 2.05) is 0 Å². The highest BCUT2D eigenvalue weighted by Gasteiger charge is 2.34. The number of nitrogens with one attached hydrogen (secondary N) is 4. The molecule has 4 heterocycles. The number of nitrogens with zero attached hydrogens (tertiary/aromatic N) is 5. The van der Waals surface area contributed by atoms with Crippen LogP contribution in [0.15, 0.2) is 133 Å². The van der Waals surface area contributed by atoms with Gasteiger partial charge in [0.25, 0.3) is 17.5 Å². The van der Waals surface area contributed by atoms with Crippen LogP contribution in [-0.4, -0.2) is 73.1 Å². The molecule has 4 aromatic heterocycles. The van der Waals surface area contributed by atoms with Gasteiger partial charge in [0.15, 0.2) is 0 Å². The van der Waals surface area contributed by atoms with E-state index in [2.05, 4.69) is 40.5 Å². The number of hydrogen-bond donors (Lipinski definition) is 8. The predicted octanol–water partition coefficient (Wildman–Crippen LogP) is 13.5. The minimum Gasteiger partial charge on any atom is -0.508 e. The molecule has 0 aliphatic heterocycles. The first kappa shape index (κ1) is 62.3. The average molecular weight is 1210 g/mol. The first-order chi connectivity index (χ1) is 40.1. The minimum atomic E-state index is -4.59. The van der Waals surface area contributed by atoms with E-state index in [0.29, 0.717) is 83.6 Å². The maximum Gasteiger partial charge on any atom is 0.433 e. The molecule has 0 aliphatic carbocycles. The second-order valence-electron chi connectivity index (χ2n) is 17.9. The number of aromatic nitrogens is 6. The molecule has 10 aromatic rings. The van der Waals surface area contributed by atoms with E-state index in [0.717, 1.165) is 35.5 Å². The van der Waals surface area contributed by atoms with Crippen molar-refractivity contribution in [3.8, 4) is 45.8 Å². The molecule has 0 bridgehead atoms. The van der Waals surface area contributed by atoms with Crippen molar-refractivity contribution in [3.05, 3.63) is 188 Å². The predicted molar refractivity (Wildman–Crippen MR) is 311 cm³/mol. The van der Waals surface area contributed by atoms with Gasteiger partial charge in [-0.05, 0) is 123 Å². The summed E-state index contributed by atoms with van der Waals surface area (Å²) in [5.41, 5.74) is 19.8. The molecular formula is C57H48Cl2F6N12O8. The maximum absolute atomic E-state index is 12.8. The van der Waals surface area contributed by atoms with Gasteiger partial charge in [-0.2, -0.15) is 26.3 Å². The number of carbonyl (C=O) groups is 2. The topological polar surface area (TPSA) is 310 Å². The Kier molecular flexibility index (Phi) is 19.2. The zero-order chi connectivity index (χ0) is 62.1. The Morgan fingerprint density at radius 3 is 1.41 bits per heavy atom. The fourth-order valence-corrected chi connectivity index (χ4v) is 8.15. The number of nitrogens with two attached hydrogens (primary N) is 3. The lowest BCUT2D eigenvalue weighted by Gasteiger charge is -2.11. The summed E-state index contributed by atoms with van der Waals surface area (Å²) in [6.45, 7) is 2.68. The molecule has 0 unspecified atom stereocenters. The van der Waals surface area contributed by atoms with Gasteiger partial charge in [-0.1, -0.05) is 23.2 Å². The van der Waals surface area contributed by atoms with Crippen LogP contribution in [0.25, 0.3) is 44.8 Å². The third kappa shape index (κ3) is 15.6. The minimum absolute atomic E-state index is 0.0173. The number of benzene rings is 6. The monoisotopic (exact) mass is 1210 g/mol. The number of nitrogen functional groups attached to an aromatic ring is 3. The van der Waals surface area contributed by atoms with Gasteiger partial charge in [-0.3, -0.25) is 19.7 Å². The van der Waals surface area contributed by atoms with Crippen molar-refractivity contribution in [2.24, 2.45) is 0 Å². The van der Waals surface area contributed by atoms with Gasteiger partial charge >= 0.3 is 12.4 Å². The molecule has 0 aliphatic rings. The number of alkyl halides is 6. The lowest BCUT2D eigenvalue weighted by Crippen LogP contribution is -2.16. The first-order valence-electron chi connectivity index (χ1n) is 24.5. The van der Waals surface area contributed by atoms with Gasteiger partial charge in [0.1, 0.15) is 51.7 Å². The molecule has 0 fully saturated rings. The maximum atomic E-state index is 12.8. The van der Waals surface area contributed by atoms with E-state index in [4.69, 9.17) is 54.6 Å². The third-order valence-corrected chi connectivity index (χ3v) is 12.7. The van der Waals surface area contributed by atoms with Gasteiger partial charge in [0.2, 0.25) is 0 Å². The number of methoxy groups -OCH3 is 3. The number of aromatic hydroxyl groups is 1. The van der Waals surface area contributed by atoms with Gasteiger partial charge < -0.3 is 57.1 Å². The van der Waals surface area contributed by atoms with E-state index in [-0.39, 0.29) is 39.6 Å². The van der Waals surface area contributed by atoms with E-state index < -0.39 is 40.5 Å². The van der Waals surface area contributed by atoms with Crippen molar-refractivity contribution in [3.63, 3.8) is 0 Å². The second kappa shape index (κ2) is 26.3. The lowest BCUT2D eigenvalue weighted by atomic mass is 10.1. The van der Waals surface area contributed by atoms with Crippen LogP contribution in [0.4, 0.5) is 60.5 Å². The number of amides is 2. The Bertz CT molecular complexity index is 4120. The van der Waals surface area contributed by atoms with Gasteiger partial charge in [0.05, 0.1) is 98.3 Å². The number of imidazole rings is 2. The number of aromatic amines is 2. The normalized spacial score (nSPS) is 11.0. The highest BCUT2D eigenvalue weighted by Crippen LogP contribution is 2.35. The summed E-state index contributed by atoms with van der Waals surface area (Å²) in [4.78, 5) is 57.2. The Labute approximate surface area is 488 Å². The molecule has 20 nitrogen and oxygen atoms in total. The summed E-state index contributed by atoms with van der Waals surface area (Å²) >= 11 is 12.6. The third-order valence-electron chi connectivity index (χ3n) is 12.1. The van der Waals surface area contributed by atoms with E-state index in [1.165, 1.54) is 45.2 Å². The van der Waals surface area contributed by atoms with Crippen LogP contribution in [0.3, 0.4) is 0 Å². The molecule has 10 rings (SSSR count). The molecule has 0 saturated heterocycles. The highest BCUT2D eigenvalue weighted by molar-refractivity contribution is 6.34. The van der Waals surface area contributed by atoms with Crippen LogP contribution in [0.1, 0.15) is 43.5 Å². The smallest absolute Gasteiger partial charge is 0.433 e. The van der Waals surface area contributed by atoms with Crippen molar-refractivity contribution in [1.29, 1.82) is 0 Å². The number of aryl methyl sites for hydroxylation is 2. The summed E-state index contributed by atoms with van der Waals surface area (Å²) in [7, 11) is 4.59. The molecule has 0 spiro atoms. The number of phenols is 1. The Morgan fingerprint density at radius 2 is 0.976 bits per heavy atom. The SMILES string of the molecule is COc1ccc(N)c(N)c1.COc1ccc(N)c([N+](=O)[O-])c1.COc1ccc2nc(-c3cc(NC(=O)c4ccc(C(F)(F)F)nc4C)ccc3Cl)[nH]c2c1.Cc1nc(C(F)(F)F)ccc1C(=O)Nc1ccc(Cl)c(-c2nc3ccc(O)cc3[nH]2)c1. The Morgan fingerprint density at radius 1 is 0.553 bits per heavy atom. The number of phenolic OH excluding ortho intramolecular Hbond substituents is 1. The van der Waals surface area contributed by atoms with Gasteiger partial charge in [-0.25, -0.2) is 19.9 Å². The number of H-pyrrole nitrogens is 2. The number of hydrogen-bond acceptors (Lipinski definition) is 15. The summed E-state index contributed by atoms with van der Waals surface area (Å²) < 4.78 is 91.8. The molecule has 0 radical (unpaired) electrons. The van der Waals surface area contributed by atoms with E-state index in [9.17, 15) is 51.2 Å². The van der Waals surface area contributed by atoms with E-state index in [1.54, 1.807) is 99.1 Å².